The minimum Gasteiger partial charge on any atom is -0.448 e. The first-order valence-electron chi connectivity index (χ1n) is 12.3. The van der Waals surface area contributed by atoms with E-state index < -0.39 is 25.8 Å². The molecule has 1 amide bonds. The fourth-order valence-corrected chi connectivity index (χ4v) is 6.13. The summed E-state index contributed by atoms with van der Waals surface area (Å²) in [7, 11) is -6.95. The van der Waals surface area contributed by atoms with Gasteiger partial charge in [-0.3, -0.25) is 5.32 Å². The Hall–Kier alpha value is -3.37. The number of hydrogen-bond acceptors (Lipinski definition) is 7. The van der Waals surface area contributed by atoms with E-state index in [4.69, 9.17) is 4.74 Å². The monoisotopic (exact) mass is 556 g/mol. The molecule has 0 aromatic heterocycles. The summed E-state index contributed by atoms with van der Waals surface area (Å²) in [5, 5.41) is 2.80. The van der Waals surface area contributed by atoms with Crippen LogP contribution in [-0.4, -0.2) is 55.1 Å². The third-order valence-electron chi connectivity index (χ3n) is 6.90. The smallest absolute Gasteiger partial charge is 0.411 e. The molecule has 0 bridgehead atoms. The molecule has 0 spiro atoms. The Kier molecular flexibility index (Phi) is 7.58. The number of nitrogens with one attached hydrogen (secondary N) is 1. The number of hydrogen-bond donors (Lipinski definition) is 1. The van der Waals surface area contributed by atoms with Crippen LogP contribution in [0.25, 0.3) is 11.1 Å². The molecule has 0 unspecified atom stereocenters. The third-order valence-corrected chi connectivity index (χ3v) is 9.12. The zero-order valence-corrected chi connectivity index (χ0v) is 23.7. The molecular weight excluding hydrogens is 524 g/mol. The van der Waals surface area contributed by atoms with E-state index >= 15 is 0 Å². The molecule has 0 saturated heterocycles. The zero-order chi connectivity index (χ0) is 27.8. The van der Waals surface area contributed by atoms with Crippen LogP contribution in [0.2, 0.25) is 0 Å². The molecule has 0 heterocycles. The first-order chi connectivity index (χ1) is 17.8. The van der Waals surface area contributed by atoms with E-state index in [9.17, 15) is 21.6 Å². The number of carbonyl (C=O) groups is 1. The highest BCUT2D eigenvalue weighted by atomic mass is 32.2. The van der Waals surface area contributed by atoms with Gasteiger partial charge in [-0.25, -0.2) is 21.6 Å². The second kappa shape index (κ2) is 10.4. The Morgan fingerprint density at radius 2 is 1.37 bits per heavy atom. The lowest BCUT2D eigenvalue weighted by Gasteiger charge is -2.22. The van der Waals surface area contributed by atoms with Gasteiger partial charge in [-0.15, -0.1) is 0 Å². The van der Waals surface area contributed by atoms with Gasteiger partial charge in [-0.2, -0.15) is 0 Å². The number of carbonyl (C=O) groups excluding carboxylic acids is 1. The van der Waals surface area contributed by atoms with Gasteiger partial charge in [-0.05, 0) is 91.1 Å². The number of nitrogens with zero attached hydrogens (tertiary/aromatic N) is 1. The molecule has 1 N–H and O–H groups in total. The van der Waals surface area contributed by atoms with Gasteiger partial charge in [0.25, 0.3) is 0 Å². The van der Waals surface area contributed by atoms with Crippen molar-refractivity contribution in [2.24, 2.45) is 0 Å². The number of sulfone groups is 2. The van der Waals surface area contributed by atoms with E-state index in [1.165, 1.54) is 12.1 Å². The number of aryl methyl sites for hydroxylation is 1. The lowest BCUT2D eigenvalue weighted by Crippen LogP contribution is -2.22. The van der Waals surface area contributed by atoms with Crippen LogP contribution in [0.1, 0.15) is 36.5 Å². The van der Waals surface area contributed by atoms with Crippen LogP contribution in [0.5, 0.6) is 0 Å². The van der Waals surface area contributed by atoms with E-state index in [-0.39, 0.29) is 22.3 Å². The Labute approximate surface area is 224 Å². The lowest BCUT2D eigenvalue weighted by molar-refractivity contribution is 0.158. The maximum atomic E-state index is 12.7. The highest BCUT2D eigenvalue weighted by molar-refractivity contribution is 7.91. The van der Waals surface area contributed by atoms with Crippen molar-refractivity contribution in [3.05, 3.63) is 71.3 Å². The first-order valence-corrected chi connectivity index (χ1v) is 16.1. The highest BCUT2D eigenvalue weighted by Crippen LogP contribution is 2.46. The molecule has 4 rings (SSSR count). The second-order valence-electron chi connectivity index (χ2n) is 9.49. The number of fused-ring (bicyclic) bond motifs is 3. The lowest BCUT2D eigenvalue weighted by atomic mass is 9.98. The molecule has 0 saturated carbocycles. The van der Waals surface area contributed by atoms with E-state index in [2.05, 4.69) is 24.1 Å². The average molecular weight is 557 g/mol. The van der Waals surface area contributed by atoms with Gasteiger partial charge in [-0.1, -0.05) is 12.1 Å². The molecule has 0 atom stereocenters. The van der Waals surface area contributed by atoms with Gasteiger partial charge in [0.2, 0.25) is 0 Å². The molecule has 1 aliphatic rings. The number of rotatable bonds is 8. The Bertz CT molecular complexity index is 1530. The van der Waals surface area contributed by atoms with Crippen molar-refractivity contribution in [2.75, 3.05) is 42.4 Å². The van der Waals surface area contributed by atoms with Gasteiger partial charge in [0, 0.05) is 42.9 Å². The van der Waals surface area contributed by atoms with Crippen LogP contribution in [-0.2, 0) is 24.4 Å². The summed E-state index contributed by atoms with van der Waals surface area (Å²) in [6, 6.07) is 15.4. The van der Waals surface area contributed by atoms with Gasteiger partial charge >= 0.3 is 6.09 Å². The minimum atomic E-state index is -3.48. The van der Waals surface area contributed by atoms with Crippen LogP contribution in [0, 0.1) is 6.92 Å². The molecule has 38 heavy (non-hydrogen) atoms. The van der Waals surface area contributed by atoms with Gasteiger partial charge in [0.15, 0.2) is 19.7 Å². The number of benzene rings is 3. The quantitative estimate of drug-likeness (QED) is 0.415. The fraction of sp³-hybridized carbons (Fsp3) is 0.321. The molecule has 10 heteroatoms. The summed E-state index contributed by atoms with van der Waals surface area (Å²) in [5.74, 6) is -0.376. The molecule has 1 aliphatic carbocycles. The normalized spacial score (nSPS) is 13.1. The van der Waals surface area contributed by atoms with Gasteiger partial charge < -0.3 is 9.64 Å². The Morgan fingerprint density at radius 3 is 1.82 bits per heavy atom. The SMILES string of the molecule is CCN(CC)c1ccc(NC(=O)OCC2c3ccc(S(C)(=O)=O)cc3-c3cc(S(C)(=O)=O)ccc32)c(C)c1. The fourth-order valence-electron chi connectivity index (χ4n) is 4.83. The zero-order valence-electron chi connectivity index (χ0n) is 22.1. The molecule has 0 fully saturated rings. The van der Waals surface area contributed by atoms with Crippen LogP contribution < -0.4 is 10.2 Å². The molecule has 3 aromatic rings. The second-order valence-corrected chi connectivity index (χ2v) is 13.5. The molecule has 202 valence electrons. The maximum Gasteiger partial charge on any atom is 0.411 e. The summed E-state index contributed by atoms with van der Waals surface area (Å²) in [5.41, 5.74) is 5.40. The van der Waals surface area contributed by atoms with Crippen LogP contribution in [0.4, 0.5) is 16.2 Å². The largest absolute Gasteiger partial charge is 0.448 e. The van der Waals surface area contributed by atoms with Crippen molar-refractivity contribution >= 4 is 37.1 Å². The molecule has 0 radical (unpaired) electrons. The summed E-state index contributed by atoms with van der Waals surface area (Å²) in [4.78, 5) is 15.2. The van der Waals surface area contributed by atoms with Crippen LogP contribution in [0.3, 0.4) is 0 Å². The molecule has 8 nitrogen and oxygen atoms in total. The summed E-state index contributed by atoms with van der Waals surface area (Å²) < 4.78 is 54.4. The van der Waals surface area contributed by atoms with Gasteiger partial charge in [0.05, 0.1) is 9.79 Å². The van der Waals surface area contributed by atoms with Crippen molar-refractivity contribution in [2.45, 2.75) is 36.5 Å². The summed E-state index contributed by atoms with van der Waals surface area (Å²) in [6.45, 7) is 7.86. The van der Waals surface area contributed by atoms with Crippen molar-refractivity contribution in [1.82, 2.24) is 0 Å². The third kappa shape index (κ3) is 5.56. The standard InChI is InChI=1S/C28H32N2O6S2/c1-6-30(7-2)19-8-13-27(18(3)14-19)29-28(31)36-17-26-22-11-9-20(37(4,32)33)15-24(22)25-16-21(38(5,34)35)10-12-23(25)26/h8-16,26H,6-7,17H2,1-5H3,(H,29,31). The molecule has 3 aromatic carbocycles. The predicted octanol–water partition coefficient (Wildman–Crippen LogP) is 5.01. The first kappa shape index (κ1) is 27.7. The van der Waals surface area contributed by atoms with Crippen molar-refractivity contribution in [3.63, 3.8) is 0 Å². The maximum absolute atomic E-state index is 12.7. The van der Waals surface area contributed by atoms with Crippen molar-refractivity contribution < 1.29 is 26.4 Å². The highest BCUT2D eigenvalue weighted by Gasteiger charge is 2.32. The van der Waals surface area contributed by atoms with Crippen molar-refractivity contribution in [3.8, 4) is 11.1 Å². The molecule has 0 aliphatic heterocycles. The van der Waals surface area contributed by atoms with Crippen LogP contribution >= 0.6 is 0 Å². The van der Waals surface area contributed by atoms with Crippen LogP contribution in [0.15, 0.2) is 64.4 Å². The number of amides is 1. The Balaban J connectivity index is 1.59. The number of ether oxygens (including phenoxy) is 1. The van der Waals surface area contributed by atoms with Crippen molar-refractivity contribution in [1.29, 1.82) is 0 Å². The predicted molar refractivity (Wildman–Crippen MR) is 150 cm³/mol. The number of anilines is 2. The minimum absolute atomic E-state index is 0.00114. The van der Waals surface area contributed by atoms with E-state index in [1.807, 2.05) is 25.1 Å². The Morgan fingerprint density at radius 1 is 0.842 bits per heavy atom. The topological polar surface area (TPSA) is 110 Å². The molecular formula is C28H32N2O6S2. The van der Waals surface area contributed by atoms with Gasteiger partial charge in [0.1, 0.15) is 6.61 Å². The average Bonchev–Trinajstić information content (AvgIpc) is 3.16. The summed E-state index contributed by atoms with van der Waals surface area (Å²) >= 11 is 0. The van der Waals surface area contributed by atoms with E-state index in [1.54, 1.807) is 24.3 Å². The summed E-state index contributed by atoms with van der Waals surface area (Å²) in [6.07, 6.45) is 1.64. The van der Waals surface area contributed by atoms with E-state index in [0.29, 0.717) is 16.8 Å². The van der Waals surface area contributed by atoms with E-state index in [0.717, 1.165) is 48.0 Å².